The highest BCUT2D eigenvalue weighted by Gasteiger charge is 2.16. The highest BCUT2D eigenvalue weighted by atomic mass is 35.5. The van der Waals surface area contributed by atoms with Gasteiger partial charge < -0.3 is 4.74 Å². The smallest absolute Gasteiger partial charge is 0.0576 e. The lowest BCUT2D eigenvalue weighted by Crippen LogP contribution is -2.11. The molecule has 0 aromatic rings. The van der Waals surface area contributed by atoms with Crippen molar-refractivity contribution in [1.29, 1.82) is 0 Å². The van der Waals surface area contributed by atoms with Gasteiger partial charge in [0.05, 0.1) is 6.10 Å². The van der Waals surface area contributed by atoms with Crippen LogP contribution in [0.25, 0.3) is 0 Å². The maximum absolute atomic E-state index is 5.73. The van der Waals surface area contributed by atoms with Gasteiger partial charge in [0, 0.05) is 18.4 Å². The molecule has 1 unspecified atom stereocenters. The molecule has 0 radical (unpaired) electrons. The van der Waals surface area contributed by atoms with Crippen LogP contribution in [-0.4, -0.2) is 24.5 Å². The first-order valence-electron chi connectivity index (χ1n) is 4.60. The SMILES string of the molecule is ClCC(CCl)CCC1CCCO1. The Labute approximate surface area is 84.4 Å². The highest BCUT2D eigenvalue weighted by molar-refractivity contribution is 6.20. The molecule has 0 aromatic heterocycles. The van der Waals surface area contributed by atoms with Gasteiger partial charge in [0.2, 0.25) is 0 Å². The summed E-state index contributed by atoms with van der Waals surface area (Å²) in [7, 11) is 0. The monoisotopic (exact) mass is 210 g/mol. The second kappa shape index (κ2) is 6.06. The van der Waals surface area contributed by atoms with Crippen LogP contribution in [0.4, 0.5) is 0 Å². The number of alkyl halides is 2. The van der Waals surface area contributed by atoms with E-state index in [4.69, 9.17) is 27.9 Å². The molecule has 1 saturated heterocycles. The fourth-order valence-electron chi connectivity index (χ4n) is 1.49. The van der Waals surface area contributed by atoms with E-state index >= 15 is 0 Å². The molecule has 3 heteroatoms. The molecule has 1 aliphatic heterocycles. The van der Waals surface area contributed by atoms with E-state index in [9.17, 15) is 0 Å². The fourth-order valence-corrected chi connectivity index (χ4v) is 2.13. The Balaban J connectivity index is 2.06. The summed E-state index contributed by atoms with van der Waals surface area (Å²) >= 11 is 11.5. The van der Waals surface area contributed by atoms with E-state index in [-0.39, 0.29) is 0 Å². The van der Waals surface area contributed by atoms with Crippen molar-refractivity contribution in [2.45, 2.75) is 31.8 Å². The lowest BCUT2D eigenvalue weighted by atomic mass is 10.0. The van der Waals surface area contributed by atoms with E-state index in [1.807, 2.05) is 0 Å². The van der Waals surface area contributed by atoms with Gasteiger partial charge >= 0.3 is 0 Å². The molecular formula is C9H16Cl2O. The van der Waals surface area contributed by atoms with Crippen molar-refractivity contribution in [1.82, 2.24) is 0 Å². The van der Waals surface area contributed by atoms with Gasteiger partial charge in [0.1, 0.15) is 0 Å². The molecule has 1 atom stereocenters. The number of rotatable bonds is 5. The second-order valence-electron chi connectivity index (χ2n) is 3.39. The third kappa shape index (κ3) is 3.51. The standard InChI is InChI=1S/C9H16Cl2O/c10-6-8(7-11)3-4-9-2-1-5-12-9/h8-9H,1-7H2. The summed E-state index contributed by atoms with van der Waals surface area (Å²) < 4.78 is 5.51. The Morgan fingerprint density at radius 2 is 2.08 bits per heavy atom. The molecule has 1 aliphatic rings. The predicted octanol–water partition coefficient (Wildman–Crippen LogP) is 3.04. The van der Waals surface area contributed by atoms with Crippen LogP contribution in [0.3, 0.4) is 0 Å². The molecule has 1 fully saturated rings. The summed E-state index contributed by atoms with van der Waals surface area (Å²) in [6, 6.07) is 0. The van der Waals surface area contributed by atoms with E-state index in [2.05, 4.69) is 0 Å². The van der Waals surface area contributed by atoms with Crippen molar-refractivity contribution >= 4 is 23.2 Å². The topological polar surface area (TPSA) is 9.23 Å². The molecule has 12 heavy (non-hydrogen) atoms. The van der Waals surface area contributed by atoms with E-state index in [0.717, 1.165) is 19.4 Å². The Morgan fingerprint density at radius 1 is 1.33 bits per heavy atom. The van der Waals surface area contributed by atoms with Gasteiger partial charge in [-0.25, -0.2) is 0 Å². The van der Waals surface area contributed by atoms with Crippen molar-refractivity contribution in [3.8, 4) is 0 Å². The van der Waals surface area contributed by atoms with Gasteiger partial charge in [-0.2, -0.15) is 0 Å². The Bertz CT molecular complexity index is 107. The Kier molecular flexibility index (Phi) is 5.37. The van der Waals surface area contributed by atoms with Crippen molar-refractivity contribution in [3.63, 3.8) is 0 Å². The van der Waals surface area contributed by atoms with E-state index in [1.54, 1.807) is 0 Å². The molecule has 1 heterocycles. The minimum Gasteiger partial charge on any atom is -0.378 e. The molecule has 0 spiro atoms. The number of ether oxygens (including phenoxy) is 1. The molecule has 0 amide bonds. The van der Waals surface area contributed by atoms with Crippen molar-refractivity contribution < 1.29 is 4.74 Å². The quantitative estimate of drug-likeness (QED) is 0.635. The average Bonchev–Trinajstić information content (AvgIpc) is 2.59. The molecule has 1 rings (SSSR count). The zero-order chi connectivity index (χ0) is 8.81. The van der Waals surface area contributed by atoms with E-state index in [0.29, 0.717) is 23.8 Å². The molecule has 0 N–H and O–H groups in total. The zero-order valence-corrected chi connectivity index (χ0v) is 8.78. The minimum absolute atomic E-state index is 0.470. The van der Waals surface area contributed by atoms with Crippen LogP contribution in [-0.2, 0) is 4.74 Å². The lowest BCUT2D eigenvalue weighted by molar-refractivity contribution is 0.0996. The summed E-state index contributed by atoms with van der Waals surface area (Å²) in [6.45, 7) is 0.942. The van der Waals surface area contributed by atoms with E-state index in [1.165, 1.54) is 12.8 Å². The maximum atomic E-state index is 5.73. The van der Waals surface area contributed by atoms with Gasteiger partial charge in [0.15, 0.2) is 0 Å². The Morgan fingerprint density at radius 3 is 2.58 bits per heavy atom. The molecule has 72 valence electrons. The van der Waals surface area contributed by atoms with Crippen LogP contribution in [0.2, 0.25) is 0 Å². The third-order valence-corrected chi connectivity index (χ3v) is 3.23. The first-order chi connectivity index (χ1) is 5.86. The van der Waals surface area contributed by atoms with E-state index < -0.39 is 0 Å². The number of halogens is 2. The maximum Gasteiger partial charge on any atom is 0.0576 e. The molecule has 0 aliphatic carbocycles. The molecule has 0 aromatic carbocycles. The van der Waals surface area contributed by atoms with Crippen LogP contribution >= 0.6 is 23.2 Å². The van der Waals surface area contributed by atoms with Gasteiger partial charge in [-0.15, -0.1) is 23.2 Å². The average molecular weight is 211 g/mol. The van der Waals surface area contributed by atoms with Crippen molar-refractivity contribution in [2.24, 2.45) is 5.92 Å². The largest absolute Gasteiger partial charge is 0.378 e. The summed E-state index contributed by atoms with van der Waals surface area (Å²) in [4.78, 5) is 0. The van der Waals surface area contributed by atoms with Crippen LogP contribution in [0.15, 0.2) is 0 Å². The van der Waals surface area contributed by atoms with Gasteiger partial charge in [0.25, 0.3) is 0 Å². The summed E-state index contributed by atoms with van der Waals surface area (Å²) in [5.74, 6) is 1.82. The summed E-state index contributed by atoms with van der Waals surface area (Å²) in [5.41, 5.74) is 0. The molecule has 0 saturated carbocycles. The lowest BCUT2D eigenvalue weighted by Gasteiger charge is -2.13. The van der Waals surface area contributed by atoms with Gasteiger partial charge in [-0.1, -0.05) is 0 Å². The van der Waals surface area contributed by atoms with Crippen LogP contribution < -0.4 is 0 Å². The second-order valence-corrected chi connectivity index (χ2v) is 4.00. The summed E-state index contributed by atoms with van der Waals surface area (Å²) in [6.07, 6.45) is 5.16. The van der Waals surface area contributed by atoms with Crippen molar-refractivity contribution in [3.05, 3.63) is 0 Å². The first kappa shape index (κ1) is 10.6. The molecular weight excluding hydrogens is 195 g/mol. The zero-order valence-electron chi connectivity index (χ0n) is 7.27. The van der Waals surface area contributed by atoms with Crippen LogP contribution in [0, 0.1) is 5.92 Å². The van der Waals surface area contributed by atoms with Crippen molar-refractivity contribution in [2.75, 3.05) is 18.4 Å². The Hall–Kier alpha value is 0.540. The number of hydrogen-bond acceptors (Lipinski definition) is 1. The van der Waals surface area contributed by atoms with Crippen LogP contribution in [0.5, 0.6) is 0 Å². The fraction of sp³-hybridized carbons (Fsp3) is 1.00. The molecule has 0 bridgehead atoms. The molecule has 1 nitrogen and oxygen atoms in total. The minimum atomic E-state index is 0.470. The third-order valence-electron chi connectivity index (χ3n) is 2.36. The van der Waals surface area contributed by atoms with Gasteiger partial charge in [-0.3, -0.25) is 0 Å². The predicted molar refractivity (Wildman–Crippen MR) is 53.1 cm³/mol. The highest BCUT2D eigenvalue weighted by Crippen LogP contribution is 2.20. The summed E-state index contributed by atoms with van der Waals surface area (Å²) in [5, 5.41) is 0. The van der Waals surface area contributed by atoms with Gasteiger partial charge in [-0.05, 0) is 31.6 Å². The van der Waals surface area contributed by atoms with Crippen LogP contribution in [0.1, 0.15) is 25.7 Å². The normalized spacial score (nSPS) is 23.8. The first-order valence-corrected chi connectivity index (χ1v) is 5.67. The number of hydrogen-bond donors (Lipinski definition) is 0.